The maximum Gasteiger partial charge on any atom is 0.314 e. The molecule has 2 amide bonds. The fourth-order valence-corrected chi connectivity index (χ4v) is 1.40. The zero-order valence-corrected chi connectivity index (χ0v) is 9.73. The van der Waals surface area contributed by atoms with Crippen molar-refractivity contribution in [2.75, 3.05) is 13.1 Å². The van der Waals surface area contributed by atoms with Gasteiger partial charge in [0.05, 0.1) is 0 Å². The lowest BCUT2D eigenvalue weighted by molar-refractivity contribution is 0.238. The SMILES string of the molecule is CCCCC(CC)CNC(=O)NCC. The van der Waals surface area contributed by atoms with Crippen molar-refractivity contribution in [3.8, 4) is 0 Å². The fraction of sp³-hybridized carbons (Fsp3) is 0.909. The molecule has 0 aliphatic carbocycles. The number of nitrogens with one attached hydrogen (secondary N) is 2. The highest BCUT2D eigenvalue weighted by atomic mass is 16.2. The van der Waals surface area contributed by atoms with Gasteiger partial charge >= 0.3 is 6.03 Å². The first-order valence-corrected chi connectivity index (χ1v) is 5.76. The normalized spacial score (nSPS) is 12.2. The van der Waals surface area contributed by atoms with Crippen molar-refractivity contribution in [2.45, 2.75) is 46.5 Å². The van der Waals surface area contributed by atoms with E-state index in [2.05, 4.69) is 24.5 Å². The van der Waals surface area contributed by atoms with E-state index in [-0.39, 0.29) is 6.03 Å². The highest BCUT2D eigenvalue weighted by Gasteiger charge is 2.06. The van der Waals surface area contributed by atoms with Crippen molar-refractivity contribution in [1.82, 2.24) is 10.6 Å². The van der Waals surface area contributed by atoms with Crippen LogP contribution in [0.2, 0.25) is 0 Å². The van der Waals surface area contributed by atoms with Gasteiger partial charge in [0.2, 0.25) is 0 Å². The molecule has 0 saturated heterocycles. The summed E-state index contributed by atoms with van der Waals surface area (Å²) in [6.07, 6.45) is 4.86. The number of carbonyl (C=O) groups excluding carboxylic acids is 1. The molecule has 0 aliphatic heterocycles. The zero-order chi connectivity index (χ0) is 10.8. The molecule has 0 heterocycles. The van der Waals surface area contributed by atoms with Crippen LogP contribution in [0.15, 0.2) is 0 Å². The summed E-state index contributed by atoms with van der Waals surface area (Å²) in [4.78, 5) is 11.1. The molecular formula is C11H24N2O. The predicted molar refractivity (Wildman–Crippen MR) is 60.4 cm³/mol. The molecule has 3 heteroatoms. The van der Waals surface area contributed by atoms with E-state index in [9.17, 15) is 4.79 Å². The summed E-state index contributed by atoms with van der Waals surface area (Å²) in [5, 5.41) is 5.62. The molecule has 1 atom stereocenters. The first-order chi connectivity index (χ1) is 6.74. The molecule has 84 valence electrons. The minimum absolute atomic E-state index is 0.0394. The van der Waals surface area contributed by atoms with Gasteiger partial charge in [0.1, 0.15) is 0 Å². The number of unbranched alkanes of at least 4 members (excludes halogenated alkanes) is 1. The molecule has 0 bridgehead atoms. The average Bonchev–Trinajstić information content (AvgIpc) is 2.19. The van der Waals surface area contributed by atoms with E-state index >= 15 is 0 Å². The van der Waals surface area contributed by atoms with Gasteiger partial charge in [-0.3, -0.25) is 0 Å². The third-order valence-corrected chi connectivity index (χ3v) is 2.43. The first kappa shape index (κ1) is 13.3. The van der Waals surface area contributed by atoms with Crippen LogP contribution < -0.4 is 10.6 Å². The molecule has 0 aromatic rings. The Hall–Kier alpha value is -0.730. The van der Waals surface area contributed by atoms with E-state index in [1.165, 1.54) is 19.3 Å². The number of amides is 2. The number of carbonyl (C=O) groups is 1. The largest absolute Gasteiger partial charge is 0.338 e. The average molecular weight is 200 g/mol. The molecule has 0 fully saturated rings. The molecule has 0 radical (unpaired) electrons. The molecule has 1 unspecified atom stereocenters. The van der Waals surface area contributed by atoms with Crippen molar-refractivity contribution < 1.29 is 4.79 Å². The van der Waals surface area contributed by atoms with Crippen LogP contribution in [0.3, 0.4) is 0 Å². The monoisotopic (exact) mass is 200 g/mol. The van der Waals surface area contributed by atoms with Gasteiger partial charge in [-0.2, -0.15) is 0 Å². The maximum absolute atomic E-state index is 11.1. The summed E-state index contributed by atoms with van der Waals surface area (Å²) in [5.41, 5.74) is 0. The van der Waals surface area contributed by atoms with E-state index in [0.717, 1.165) is 13.0 Å². The number of hydrogen-bond acceptors (Lipinski definition) is 1. The molecule has 2 N–H and O–H groups in total. The van der Waals surface area contributed by atoms with E-state index in [1.54, 1.807) is 0 Å². The Morgan fingerprint density at radius 2 is 1.93 bits per heavy atom. The summed E-state index contributed by atoms with van der Waals surface area (Å²) in [5.74, 6) is 0.637. The third kappa shape index (κ3) is 6.75. The summed E-state index contributed by atoms with van der Waals surface area (Å²) >= 11 is 0. The van der Waals surface area contributed by atoms with Crippen LogP contribution in [0.5, 0.6) is 0 Å². The van der Waals surface area contributed by atoms with Gasteiger partial charge in [-0.1, -0.05) is 33.1 Å². The first-order valence-electron chi connectivity index (χ1n) is 5.76. The third-order valence-electron chi connectivity index (χ3n) is 2.43. The van der Waals surface area contributed by atoms with E-state index in [0.29, 0.717) is 12.5 Å². The fourth-order valence-electron chi connectivity index (χ4n) is 1.40. The van der Waals surface area contributed by atoms with Crippen LogP contribution in [-0.4, -0.2) is 19.1 Å². The van der Waals surface area contributed by atoms with Crippen molar-refractivity contribution in [3.05, 3.63) is 0 Å². The lowest BCUT2D eigenvalue weighted by Gasteiger charge is -2.15. The minimum atomic E-state index is -0.0394. The van der Waals surface area contributed by atoms with Crippen LogP contribution >= 0.6 is 0 Å². The number of hydrogen-bond donors (Lipinski definition) is 2. The lowest BCUT2D eigenvalue weighted by atomic mass is 9.99. The summed E-state index contributed by atoms with van der Waals surface area (Å²) in [6, 6.07) is -0.0394. The van der Waals surface area contributed by atoms with Crippen molar-refractivity contribution in [3.63, 3.8) is 0 Å². The lowest BCUT2D eigenvalue weighted by Crippen LogP contribution is -2.38. The Bertz CT molecular complexity index is 148. The smallest absolute Gasteiger partial charge is 0.314 e. The molecule has 0 saturated carbocycles. The van der Waals surface area contributed by atoms with E-state index in [1.807, 2.05) is 6.92 Å². The van der Waals surface area contributed by atoms with Crippen LogP contribution in [0, 0.1) is 5.92 Å². The predicted octanol–water partition coefficient (Wildman–Crippen LogP) is 2.52. The molecular weight excluding hydrogens is 176 g/mol. The molecule has 0 aromatic carbocycles. The topological polar surface area (TPSA) is 41.1 Å². The van der Waals surface area contributed by atoms with Gasteiger partial charge in [-0.25, -0.2) is 4.79 Å². The number of rotatable bonds is 7. The van der Waals surface area contributed by atoms with Crippen LogP contribution in [-0.2, 0) is 0 Å². The highest BCUT2D eigenvalue weighted by molar-refractivity contribution is 5.73. The standard InChI is InChI=1S/C11H24N2O/c1-4-7-8-10(5-2)9-13-11(14)12-6-3/h10H,4-9H2,1-3H3,(H2,12,13,14). The summed E-state index contributed by atoms with van der Waals surface area (Å²) in [7, 11) is 0. The van der Waals surface area contributed by atoms with Crippen LogP contribution in [0.4, 0.5) is 4.79 Å². The quantitative estimate of drug-likeness (QED) is 0.651. The Morgan fingerprint density at radius 1 is 1.21 bits per heavy atom. The van der Waals surface area contributed by atoms with Crippen LogP contribution in [0.25, 0.3) is 0 Å². The van der Waals surface area contributed by atoms with Gasteiger partial charge in [-0.15, -0.1) is 0 Å². The van der Waals surface area contributed by atoms with Gasteiger partial charge in [-0.05, 0) is 19.3 Å². The Kier molecular flexibility index (Phi) is 8.39. The van der Waals surface area contributed by atoms with Crippen molar-refractivity contribution >= 4 is 6.03 Å². The minimum Gasteiger partial charge on any atom is -0.338 e. The van der Waals surface area contributed by atoms with E-state index < -0.39 is 0 Å². The second kappa shape index (κ2) is 8.85. The van der Waals surface area contributed by atoms with E-state index in [4.69, 9.17) is 0 Å². The second-order valence-electron chi connectivity index (χ2n) is 3.66. The Labute approximate surface area is 87.6 Å². The summed E-state index contributed by atoms with van der Waals surface area (Å²) < 4.78 is 0. The zero-order valence-electron chi connectivity index (χ0n) is 9.73. The van der Waals surface area contributed by atoms with Crippen LogP contribution in [0.1, 0.15) is 46.5 Å². The van der Waals surface area contributed by atoms with Gasteiger partial charge in [0.25, 0.3) is 0 Å². The Balaban J connectivity index is 3.55. The molecule has 0 aromatic heterocycles. The van der Waals surface area contributed by atoms with Crippen molar-refractivity contribution in [1.29, 1.82) is 0 Å². The van der Waals surface area contributed by atoms with Gasteiger partial charge in [0.15, 0.2) is 0 Å². The highest BCUT2D eigenvalue weighted by Crippen LogP contribution is 2.10. The summed E-state index contributed by atoms with van der Waals surface area (Å²) in [6.45, 7) is 7.80. The second-order valence-corrected chi connectivity index (χ2v) is 3.66. The molecule has 14 heavy (non-hydrogen) atoms. The van der Waals surface area contributed by atoms with Gasteiger partial charge in [0, 0.05) is 13.1 Å². The maximum atomic E-state index is 11.1. The molecule has 0 aliphatic rings. The molecule has 3 nitrogen and oxygen atoms in total. The molecule has 0 rings (SSSR count). The molecule has 0 spiro atoms. The van der Waals surface area contributed by atoms with Gasteiger partial charge < -0.3 is 10.6 Å². The van der Waals surface area contributed by atoms with Crippen molar-refractivity contribution in [2.24, 2.45) is 5.92 Å². The number of urea groups is 1. The Morgan fingerprint density at radius 3 is 2.43 bits per heavy atom.